The number of hydrogen-bond acceptors (Lipinski definition) is 5. The summed E-state index contributed by atoms with van der Waals surface area (Å²) in [5.74, 6) is 0.339. The van der Waals surface area contributed by atoms with E-state index in [2.05, 4.69) is 4.98 Å². The van der Waals surface area contributed by atoms with Crippen LogP contribution < -0.4 is 0 Å². The van der Waals surface area contributed by atoms with E-state index < -0.39 is 23.1 Å². The molecule has 0 unspecified atom stereocenters. The third-order valence-corrected chi connectivity index (χ3v) is 8.44. The molecular weight excluding hydrogens is 477 g/mol. The first kappa shape index (κ1) is 25.8. The number of amides is 1. The van der Waals surface area contributed by atoms with Crippen molar-refractivity contribution in [2.45, 2.75) is 70.1 Å². The summed E-state index contributed by atoms with van der Waals surface area (Å²) in [5, 5.41) is 11.8. The smallest absolute Gasteiger partial charge is 0.383 e. The average Bonchev–Trinajstić information content (AvgIpc) is 3.48. The van der Waals surface area contributed by atoms with E-state index >= 15 is 0 Å². The van der Waals surface area contributed by atoms with Gasteiger partial charge in [-0.1, -0.05) is 12.1 Å². The number of carbonyl (C=O) groups excluding carboxylic acids is 2. The Balaban J connectivity index is 1.21. The van der Waals surface area contributed by atoms with Crippen LogP contribution >= 0.6 is 11.3 Å². The second kappa shape index (κ2) is 10.4. The van der Waals surface area contributed by atoms with Gasteiger partial charge in [-0.25, -0.2) is 4.98 Å². The van der Waals surface area contributed by atoms with E-state index in [1.165, 1.54) is 12.1 Å². The monoisotopic (exact) mass is 508 g/mol. The van der Waals surface area contributed by atoms with Crippen LogP contribution in [0.5, 0.6) is 0 Å². The number of alkyl halides is 3. The van der Waals surface area contributed by atoms with Crippen LogP contribution in [0.3, 0.4) is 0 Å². The van der Waals surface area contributed by atoms with Crippen LogP contribution in [-0.2, 0) is 16.6 Å². The summed E-state index contributed by atoms with van der Waals surface area (Å²) in [6.45, 7) is 3.30. The molecule has 1 aliphatic carbocycles. The molecule has 5 nitrogen and oxygen atoms in total. The summed E-state index contributed by atoms with van der Waals surface area (Å²) < 4.78 is 38.7. The Labute approximate surface area is 207 Å². The molecule has 35 heavy (non-hydrogen) atoms. The normalized spacial score (nSPS) is 25.1. The largest absolute Gasteiger partial charge is 0.416 e. The van der Waals surface area contributed by atoms with Gasteiger partial charge in [0, 0.05) is 42.6 Å². The van der Waals surface area contributed by atoms with Crippen molar-refractivity contribution in [3.63, 3.8) is 0 Å². The quantitative estimate of drug-likeness (QED) is 0.484. The predicted molar refractivity (Wildman–Crippen MR) is 127 cm³/mol. The number of thiazole rings is 1. The molecule has 2 heterocycles. The fourth-order valence-corrected chi connectivity index (χ4v) is 6.20. The molecule has 0 spiro atoms. The molecule has 1 aromatic carbocycles. The number of likely N-dealkylation sites (tertiary alicyclic amines) is 1. The Morgan fingerprint density at radius 3 is 2.57 bits per heavy atom. The molecule has 1 aromatic heterocycles. The maximum absolute atomic E-state index is 12.9. The van der Waals surface area contributed by atoms with Crippen molar-refractivity contribution in [1.82, 2.24) is 9.88 Å². The molecule has 2 aromatic rings. The highest BCUT2D eigenvalue weighted by atomic mass is 32.1. The molecule has 1 atom stereocenters. The van der Waals surface area contributed by atoms with Crippen molar-refractivity contribution >= 4 is 23.0 Å². The second-order valence-corrected chi connectivity index (χ2v) is 11.2. The summed E-state index contributed by atoms with van der Waals surface area (Å²) in [7, 11) is 0. The maximum atomic E-state index is 12.9. The number of aromatic nitrogens is 1. The first-order chi connectivity index (χ1) is 16.5. The second-order valence-electron chi connectivity index (χ2n) is 9.98. The fourth-order valence-electron chi connectivity index (χ4n) is 5.29. The van der Waals surface area contributed by atoms with Gasteiger partial charge in [0.2, 0.25) is 5.91 Å². The number of rotatable bonds is 7. The fraction of sp³-hybridized carbons (Fsp3) is 0.577. The molecule has 9 heteroatoms. The zero-order chi connectivity index (χ0) is 25.2. The lowest BCUT2D eigenvalue weighted by Crippen LogP contribution is -2.32. The van der Waals surface area contributed by atoms with Crippen LogP contribution in [0.25, 0.3) is 0 Å². The first-order valence-corrected chi connectivity index (χ1v) is 13.0. The third-order valence-electron chi connectivity index (χ3n) is 7.33. The van der Waals surface area contributed by atoms with Crippen LogP contribution in [-0.4, -0.2) is 39.8 Å². The van der Waals surface area contributed by atoms with E-state index in [1.54, 1.807) is 22.4 Å². The minimum Gasteiger partial charge on any atom is -0.383 e. The van der Waals surface area contributed by atoms with E-state index in [0.717, 1.165) is 47.7 Å². The Kier molecular flexibility index (Phi) is 7.66. The van der Waals surface area contributed by atoms with Gasteiger partial charge in [0.05, 0.1) is 5.56 Å². The molecule has 1 amide bonds. The number of benzene rings is 1. The zero-order valence-corrected chi connectivity index (χ0v) is 20.6. The molecule has 1 aliphatic heterocycles. The number of nitrogens with zero attached hydrogens (tertiary/aromatic N) is 2. The maximum Gasteiger partial charge on any atom is 0.416 e. The minimum absolute atomic E-state index is 0.00545. The number of hydrogen-bond donors (Lipinski definition) is 1. The predicted octanol–water partition coefficient (Wildman–Crippen LogP) is 5.75. The van der Waals surface area contributed by atoms with Crippen LogP contribution in [0.2, 0.25) is 0 Å². The average molecular weight is 509 g/mol. The number of aliphatic hydroxyl groups is 1. The number of carbonyl (C=O) groups is 2. The molecular formula is C26H31F3N2O3S. The molecule has 4 rings (SSSR count). The standard InChI is InChI=1S/C26H31F3N2O3S/c1-17-15-30-24(35-17)25(34)10-7-18(8-11-25)13-19-9-12-31(16-19)23(33)6-5-22(32)20-3-2-4-21(14-20)26(27,28)29/h2-4,14-15,18-19,34H,5-13,16H2,1H3/t18?,19-,25?/m1/s1. The van der Waals surface area contributed by atoms with Gasteiger partial charge in [-0.3, -0.25) is 9.59 Å². The molecule has 2 fully saturated rings. The number of halogens is 3. The van der Waals surface area contributed by atoms with E-state index in [1.807, 2.05) is 6.92 Å². The number of ketones is 1. The van der Waals surface area contributed by atoms with Gasteiger partial charge in [0.1, 0.15) is 10.6 Å². The van der Waals surface area contributed by atoms with E-state index in [0.29, 0.717) is 37.8 Å². The van der Waals surface area contributed by atoms with Crippen molar-refractivity contribution in [2.75, 3.05) is 13.1 Å². The summed E-state index contributed by atoms with van der Waals surface area (Å²) in [6.07, 6.45) is 2.42. The highest BCUT2D eigenvalue weighted by molar-refractivity contribution is 7.11. The minimum atomic E-state index is -4.51. The first-order valence-electron chi connectivity index (χ1n) is 12.2. The van der Waals surface area contributed by atoms with Gasteiger partial charge < -0.3 is 10.0 Å². The lowest BCUT2D eigenvalue weighted by Gasteiger charge is -2.35. The van der Waals surface area contributed by atoms with Crippen LogP contribution in [0.4, 0.5) is 13.2 Å². The van der Waals surface area contributed by atoms with Crippen molar-refractivity contribution in [1.29, 1.82) is 0 Å². The Morgan fingerprint density at radius 1 is 1.17 bits per heavy atom. The van der Waals surface area contributed by atoms with Crippen LogP contribution in [0, 0.1) is 18.8 Å². The molecule has 1 saturated heterocycles. The third kappa shape index (κ3) is 6.30. The molecule has 1 saturated carbocycles. The SMILES string of the molecule is Cc1cnc(C2(O)CCC(C[C@H]3CCN(C(=O)CCC(=O)c4cccc(C(F)(F)F)c4)C3)CC2)s1. The van der Waals surface area contributed by atoms with Crippen molar-refractivity contribution in [2.24, 2.45) is 11.8 Å². The Morgan fingerprint density at radius 2 is 1.91 bits per heavy atom. The number of aryl methyl sites for hydroxylation is 1. The van der Waals surface area contributed by atoms with Gasteiger partial charge in [-0.15, -0.1) is 11.3 Å². The topological polar surface area (TPSA) is 70.5 Å². The molecule has 1 N–H and O–H groups in total. The van der Waals surface area contributed by atoms with Gasteiger partial charge in [0.25, 0.3) is 0 Å². The lowest BCUT2D eigenvalue weighted by molar-refractivity contribution is -0.137. The summed E-state index contributed by atoms with van der Waals surface area (Å²) in [4.78, 5) is 32.3. The summed E-state index contributed by atoms with van der Waals surface area (Å²) in [6, 6.07) is 4.35. The highest BCUT2D eigenvalue weighted by Crippen LogP contribution is 2.43. The lowest BCUT2D eigenvalue weighted by atomic mass is 9.75. The zero-order valence-electron chi connectivity index (χ0n) is 19.8. The number of Topliss-reactive ketones (excluding diaryl/α,β-unsaturated/α-hetero) is 1. The van der Waals surface area contributed by atoms with Crippen LogP contribution in [0.1, 0.15) is 77.2 Å². The van der Waals surface area contributed by atoms with E-state index in [-0.39, 0.29) is 24.3 Å². The van der Waals surface area contributed by atoms with Gasteiger partial charge in [0.15, 0.2) is 5.78 Å². The van der Waals surface area contributed by atoms with E-state index in [9.17, 15) is 27.9 Å². The Bertz CT molecular complexity index is 1060. The van der Waals surface area contributed by atoms with Gasteiger partial charge in [-0.2, -0.15) is 13.2 Å². The summed E-state index contributed by atoms with van der Waals surface area (Å²) in [5.41, 5.74) is -1.70. The van der Waals surface area contributed by atoms with Crippen LogP contribution in [0.15, 0.2) is 30.5 Å². The van der Waals surface area contributed by atoms with Crippen molar-refractivity contribution in [3.05, 3.63) is 51.5 Å². The Hall–Kier alpha value is -2.26. The molecule has 0 radical (unpaired) electrons. The molecule has 190 valence electrons. The molecule has 0 bridgehead atoms. The van der Waals surface area contributed by atoms with E-state index in [4.69, 9.17) is 0 Å². The highest BCUT2D eigenvalue weighted by Gasteiger charge is 2.38. The summed E-state index contributed by atoms with van der Waals surface area (Å²) >= 11 is 1.56. The van der Waals surface area contributed by atoms with Crippen molar-refractivity contribution in [3.8, 4) is 0 Å². The van der Waals surface area contributed by atoms with Gasteiger partial charge >= 0.3 is 6.18 Å². The molecule has 2 aliphatic rings. The van der Waals surface area contributed by atoms with Gasteiger partial charge in [-0.05, 0) is 69.4 Å². The van der Waals surface area contributed by atoms with Crippen molar-refractivity contribution < 1.29 is 27.9 Å².